The Labute approximate surface area is 164 Å². The van der Waals surface area contributed by atoms with E-state index in [1.165, 1.54) is 22.6 Å². The maximum Gasteiger partial charge on any atom is 0.253 e. The second-order valence-corrected chi connectivity index (χ2v) is 7.18. The van der Waals surface area contributed by atoms with E-state index in [9.17, 15) is 4.79 Å². The lowest BCUT2D eigenvalue weighted by Gasteiger charge is -2.13. The molecule has 27 heavy (non-hydrogen) atoms. The van der Waals surface area contributed by atoms with Gasteiger partial charge in [-0.1, -0.05) is 53.3 Å². The van der Waals surface area contributed by atoms with Crippen LogP contribution in [0.5, 0.6) is 0 Å². The SMILES string of the molecule is O=C(Cc1ccccc1)N(/N=C\c1ccco1)c1nc2ccc(Cl)cc2s1. The Bertz CT molecular complexity index is 1090. The molecule has 2 aromatic carbocycles. The predicted octanol–water partition coefficient (Wildman–Crippen LogP) is 5.15. The minimum absolute atomic E-state index is 0.186. The molecule has 0 aliphatic carbocycles. The molecule has 7 heteroatoms. The van der Waals surface area contributed by atoms with Crippen molar-refractivity contribution in [2.45, 2.75) is 6.42 Å². The second kappa shape index (κ2) is 7.73. The van der Waals surface area contributed by atoms with Gasteiger partial charge < -0.3 is 4.42 Å². The molecule has 1 amide bonds. The number of hydrazone groups is 1. The first-order valence-electron chi connectivity index (χ1n) is 8.19. The normalized spacial score (nSPS) is 11.3. The molecule has 0 atom stereocenters. The molecule has 0 aliphatic heterocycles. The van der Waals surface area contributed by atoms with E-state index in [-0.39, 0.29) is 12.3 Å². The van der Waals surface area contributed by atoms with Crippen LogP contribution in [0.4, 0.5) is 5.13 Å². The number of rotatable bonds is 5. The van der Waals surface area contributed by atoms with Crippen LogP contribution in [-0.4, -0.2) is 17.1 Å². The van der Waals surface area contributed by atoms with Crippen molar-refractivity contribution >= 4 is 50.4 Å². The number of hydrogen-bond acceptors (Lipinski definition) is 5. The Morgan fingerprint density at radius 2 is 2.04 bits per heavy atom. The van der Waals surface area contributed by atoms with Crippen LogP contribution in [0.3, 0.4) is 0 Å². The zero-order valence-electron chi connectivity index (χ0n) is 14.1. The number of furan rings is 1. The molecule has 2 heterocycles. The number of anilines is 1. The van der Waals surface area contributed by atoms with Gasteiger partial charge in [-0.25, -0.2) is 4.98 Å². The molecular formula is C20H14ClN3O2S. The summed E-state index contributed by atoms with van der Waals surface area (Å²) in [5.41, 5.74) is 1.68. The van der Waals surface area contributed by atoms with Crippen molar-refractivity contribution in [2.75, 3.05) is 5.01 Å². The van der Waals surface area contributed by atoms with Crippen molar-refractivity contribution in [3.63, 3.8) is 0 Å². The number of aromatic nitrogens is 1. The average molecular weight is 396 g/mol. The van der Waals surface area contributed by atoms with E-state index in [0.717, 1.165) is 15.8 Å². The van der Waals surface area contributed by atoms with Gasteiger partial charge in [0.1, 0.15) is 5.76 Å². The Morgan fingerprint density at radius 3 is 2.81 bits per heavy atom. The molecule has 0 fully saturated rings. The van der Waals surface area contributed by atoms with Crippen molar-refractivity contribution in [1.82, 2.24) is 4.98 Å². The van der Waals surface area contributed by atoms with Gasteiger partial charge in [-0.2, -0.15) is 10.1 Å². The Kier molecular flexibility index (Phi) is 5.00. The first kappa shape index (κ1) is 17.5. The van der Waals surface area contributed by atoms with Crippen LogP contribution in [0.25, 0.3) is 10.2 Å². The number of amides is 1. The summed E-state index contributed by atoms with van der Waals surface area (Å²) in [6.07, 6.45) is 3.27. The van der Waals surface area contributed by atoms with E-state index in [0.29, 0.717) is 15.9 Å². The third-order valence-electron chi connectivity index (χ3n) is 3.80. The van der Waals surface area contributed by atoms with Crippen LogP contribution in [0.2, 0.25) is 5.02 Å². The van der Waals surface area contributed by atoms with Gasteiger partial charge in [0.15, 0.2) is 0 Å². The fourth-order valence-electron chi connectivity index (χ4n) is 2.52. The van der Waals surface area contributed by atoms with Crippen LogP contribution >= 0.6 is 22.9 Å². The van der Waals surface area contributed by atoms with Gasteiger partial charge >= 0.3 is 0 Å². The van der Waals surface area contributed by atoms with Gasteiger partial charge in [-0.05, 0) is 35.9 Å². The fourth-order valence-corrected chi connectivity index (χ4v) is 3.74. The maximum absolute atomic E-state index is 12.9. The van der Waals surface area contributed by atoms with Crippen LogP contribution in [0.1, 0.15) is 11.3 Å². The lowest BCUT2D eigenvalue weighted by atomic mass is 10.1. The monoisotopic (exact) mass is 395 g/mol. The summed E-state index contributed by atoms with van der Waals surface area (Å²) in [5, 5.41) is 6.75. The molecule has 0 spiro atoms. The molecule has 134 valence electrons. The molecule has 0 saturated carbocycles. The molecule has 4 aromatic rings. The molecule has 0 saturated heterocycles. The first-order chi connectivity index (χ1) is 13.2. The number of fused-ring (bicyclic) bond motifs is 1. The number of halogens is 1. The number of nitrogens with zero attached hydrogens (tertiary/aromatic N) is 3. The highest BCUT2D eigenvalue weighted by Crippen LogP contribution is 2.31. The average Bonchev–Trinajstić information content (AvgIpc) is 3.32. The molecule has 0 bridgehead atoms. The van der Waals surface area contributed by atoms with E-state index in [4.69, 9.17) is 16.0 Å². The van der Waals surface area contributed by atoms with Gasteiger partial charge in [0.2, 0.25) is 5.13 Å². The fraction of sp³-hybridized carbons (Fsp3) is 0.0500. The number of benzene rings is 2. The van der Waals surface area contributed by atoms with Crippen LogP contribution in [0, 0.1) is 0 Å². The van der Waals surface area contributed by atoms with E-state index < -0.39 is 0 Å². The molecule has 0 aliphatic rings. The maximum atomic E-state index is 12.9. The number of hydrogen-bond donors (Lipinski definition) is 0. The Balaban J connectivity index is 1.68. The smallest absolute Gasteiger partial charge is 0.253 e. The molecule has 5 nitrogen and oxygen atoms in total. The van der Waals surface area contributed by atoms with Crippen molar-refractivity contribution in [3.05, 3.63) is 83.3 Å². The van der Waals surface area contributed by atoms with E-state index in [1.54, 1.807) is 24.5 Å². The van der Waals surface area contributed by atoms with Gasteiger partial charge in [-0.15, -0.1) is 0 Å². The number of carbonyl (C=O) groups is 1. The molecule has 0 unspecified atom stereocenters. The third kappa shape index (κ3) is 4.07. The van der Waals surface area contributed by atoms with Gasteiger partial charge in [-0.3, -0.25) is 4.79 Å². The summed E-state index contributed by atoms with van der Waals surface area (Å²) >= 11 is 7.42. The topological polar surface area (TPSA) is 58.7 Å². The van der Waals surface area contributed by atoms with Crippen LogP contribution < -0.4 is 5.01 Å². The predicted molar refractivity (Wildman–Crippen MR) is 109 cm³/mol. The van der Waals surface area contributed by atoms with E-state index >= 15 is 0 Å². The molecule has 0 radical (unpaired) electrons. The molecule has 2 aromatic heterocycles. The highest BCUT2D eigenvalue weighted by Gasteiger charge is 2.20. The van der Waals surface area contributed by atoms with Crippen LogP contribution in [0.15, 0.2) is 76.4 Å². The third-order valence-corrected chi connectivity index (χ3v) is 5.03. The highest BCUT2D eigenvalue weighted by molar-refractivity contribution is 7.22. The van der Waals surface area contributed by atoms with Crippen molar-refractivity contribution in [3.8, 4) is 0 Å². The minimum Gasteiger partial charge on any atom is -0.463 e. The lowest BCUT2D eigenvalue weighted by molar-refractivity contribution is -0.118. The Morgan fingerprint density at radius 1 is 1.19 bits per heavy atom. The molecule has 0 N–H and O–H groups in total. The van der Waals surface area contributed by atoms with E-state index in [1.807, 2.05) is 42.5 Å². The van der Waals surface area contributed by atoms with Crippen molar-refractivity contribution in [1.29, 1.82) is 0 Å². The van der Waals surface area contributed by atoms with Crippen molar-refractivity contribution < 1.29 is 9.21 Å². The summed E-state index contributed by atoms with van der Waals surface area (Å²) in [6, 6.07) is 18.5. The van der Waals surface area contributed by atoms with Gasteiger partial charge in [0.25, 0.3) is 5.91 Å². The Hall–Kier alpha value is -2.96. The number of thiazole rings is 1. The van der Waals surface area contributed by atoms with Gasteiger partial charge in [0, 0.05) is 5.02 Å². The van der Waals surface area contributed by atoms with Crippen molar-refractivity contribution in [2.24, 2.45) is 5.10 Å². The van der Waals surface area contributed by atoms with Crippen LogP contribution in [-0.2, 0) is 11.2 Å². The lowest BCUT2D eigenvalue weighted by Crippen LogP contribution is -2.27. The summed E-state index contributed by atoms with van der Waals surface area (Å²) in [7, 11) is 0. The summed E-state index contributed by atoms with van der Waals surface area (Å²) in [4.78, 5) is 17.5. The first-order valence-corrected chi connectivity index (χ1v) is 9.39. The summed E-state index contributed by atoms with van der Waals surface area (Å²) in [5.74, 6) is 0.367. The highest BCUT2D eigenvalue weighted by atomic mass is 35.5. The minimum atomic E-state index is -0.186. The largest absolute Gasteiger partial charge is 0.463 e. The van der Waals surface area contributed by atoms with E-state index in [2.05, 4.69) is 10.1 Å². The quantitative estimate of drug-likeness (QED) is 0.346. The molecular weight excluding hydrogens is 382 g/mol. The zero-order valence-corrected chi connectivity index (χ0v) is 15.7. The molecule has 4 rings (SSSR count). The summed E-state index contributed by atoms with van der Waals surface area (Å²) < 4.78 is 6.16. The number of carbonyl (C=O) groups excluding carboxylic acids is 1. The standard InChI is InChI=1S/C20H14ClN3O2S/c21-15-8-9-17-18(12-15)27-20(23-17)24(22-13-16-7-4-10-26-16)19(25)11-14-5-2-1-3-6-14/h1-10,12-13H,11H2/b22-13-. The summed E-state index contributed by atoms with van der Waals surface area (Å²) in [6.45, 7) is 0. The second-order valence-electron chi connectivity index (χ2n) is 5.74. The van der Waals surface area contributed by atoms with Gasteiger partial charge in [0.05, 0.1) is 29.1 Å². The zero-order chi connectivity index (χ0) is 18.6.